The second kappa shape index (κ2) is 11.5. The standard InChI is InChI=1S/C26H32N2O5/c1-3-18(15-25(30)31)28-24(29)14-17(2)12-13-27-26(32)33-16-23-21-10-6-4-8-19(21)20-9-5-7-11-22(20)23/h4-11,17-18,23H,3,12-16H2,1-2H3,(H,27,32)(H,28,29)(H,30,31)/t17?,18-/m0/s1. The van der Waals surface area contributed by atoms with Crippen LogP contribution in [0.25, 0.3) is 11.1 Å². The molecule has 2 aromatic rings. The number of hydrogen-bond acceptors (Lipinski definition) is 4. The Morgan fingerprint density at radius 3 is 2.18 bits per heavy atom. The van der Waals surface area contributed by atoms with Gasteiger partial charge in [-0.3, -0.25) is 9.59 Å². The Morgan fingerprint density at radius 2 is 1.61 bits per heavy atom. The van der Waals surface area contributed by atoms with E-state index in [1.54, 1.807) is 0 Å². The van der Waals surface area contributed by atoms with E-state index in [9.17, 15) is 14.4 Å². The molecule has 2 aromatic carbocycles. The van der Waals surface area contributed by atoms with E-state index in [4.69, 9.17) is 9.84 Å². The fourth-order valence-corrected chi connectivity index (χ4v) is 4.28. The second-order valence-corrected chi connectivity index (χ2v) is 8.62. The Hall–Kier alpha value is -3.35. The third kappa shape index (κ3) is 6.57. The third-order valence-corrected chi connectivity index (χ3v) is 6.06. The van der Waals surface area contributed by atoms with Gasteiger partial charge in [0.25, 0.3) is 0 Å². The number of amides is 2. The molecule has 7 heteroatoms. The topological polar surface area (TPSA) is 105 Å². The first-order valence-electron chi connectivity index (χ1n) is 11.5. The molecule has 0 saturated heterocycles. The molecule has 2 amide bonds. The molecule has 33 heavy (non-hydrogen) atoms. The van der Waals surface area contributed by atoms with Crippen LogP contribution >= 0.6 is 0 Å². The lowest BCUT2D eigenvalue weighted by Crippen LogP contribution is -2.37. The number of alkyl carbamates (subject to hydrolysis) is 1. The third-order valence-electron chi connectivity index (χ3n) is 6.06. The Bertz CT molecular complexity index is 945. The van der Waals surface area contributed by atoms with E-state index in [-0.39, 0.29) is 43.2 Å². The number of carboxylic acid groups (broad SMARTS) is 1. The van der Waals surface area contributed by atoms with Crippen LogP contribution in [-0.2, 0) is 14.3 Å². The summed E-state index contributed by atoms with van der Waals surface area (Å²) in [7, 11) is 0. The van der Waals surface area contributed by atoms with Gasteiger partial charge in [-0.25, -0.2) is 4.79 Å². The van der Waals surface area contributed by atoms with Crippen LogP contribution in [0.3, 0.4) is 0 Å². The van der Waals surface area contributed by atoms with Gasteiger partial charge >= 0.3 is 12.1 Å². The number of aliphatic carboxylic acids is 1. The molecule has 0 bridgehead atoms. The maximum Gasteiger partial charge on any atom is 0.407 e. The first-order valence-corrected chi connectivity index (χ1v) is 11.5. The van der Waals surface area contributed by atoms with Crippen molar-refractivity contribution in [3.8, 4) is 11.1 Å². The van der Waals surface area contributed by atoms with Crippen LogP contribution in [0.2, 0.25) is 0 Å². The van der Waals surface area contributed by atoms with Crippen LogP contribution in [0.1, 0.15) is 56.6 Å². The van der Waals surface area contributed by atoms with Gasteiger partial charge in [-0.05, 0) is 41.0 Å². The summed E-state index contributed by atoms with van der Waals surface area (Å²) in [6.07, 6.45) is 0.909. The van der Waals surface area contributed by atoms with Crippen molar-refractivity contribution in [3.63, 3.8) is 0 Å². The largest absolute Gasteiger partial charge is 0.481 e. The number of fused-ring (bicyclic) bond motifs is 3. The molecular weight excluding hydrogens is 420 g/mol. The molecule has 0 heterocycles. The van der Waals surface area contributed by atoms with Crippen LogP contribution in [0.15, 0.2) is 48.5 Å². The van der Waals surface area contributed by atoms with E-state index in [0.717, 1.165) is 0 Å². The van der Waals surface area contributed by atoms with E-state index in [1.807, 2.05) is 38.1 Å². The molecule has 1 aliphatic carbocycles. The maximum atomic E-state index is 12.2. The molecule has 7 nitrogen and oxygen atoms in total. The number of nitrogens with one attached hydrogen (secondary N) is 2. The lowest BCUT2D eigenvalue weighted by atomic mass is 9.98. The van der Waals surface area contributed by atoms with Crippen LogP contribution in [0.4, 0.5) is 4.79 Å². The predicted octanol–water partition coefficient (Wildman–Crippen LogP) is 4.31. The van der Waals surface area contributed by atoms with E-state index in [2.05, 4.69) is 34.9 Å². The van der Waals surface area contributed by atoms with Crippen molar-refractivity contribution in [3.05, 3.63) is 59.7 Å². The minimum atomic E-state index is -0.928. The zero-order valence-electron chi connectivity index (χ0n) is 19.2. The Balaban J connectivity index is 1.41. The summed E-state index contributed by atoms with van der Waals surface area (Å²) in [6, 6.07) is 16.0. The summed E-state index contributed by atoms with van der Waals surface area (Å²) in [5.74, 6) is -1.04. The van der Waals surface area contributed by atoms with E-state index in [0.29, 0.717) is 19.4 Å². The Kier molecular flexibility index (Phi) is 8.46. The monoisotopic (exact) mass is 452 g/mol. The van der Waals surface area contributed by atoms with Crippen molar-refractivity contribution >= 4 is 18.0 Å². The van der Waals surface area contributed by atoms with Gasteiger partial charge in [0.15, 0.2) is 0 Å². The van der Waals surface area contributed by atoms with E-state index >= 15 is 0 Å². The summed E-state index contributed by atoms with van der Waals surface area (Å²) in [5.41, 5.74) is 4.70. The van der Waals surface area contributed by atoms with Crippen molar-refractivity contribution in [1.82, 2.24) is 10.6 Å². The summed E-state index contributed by atoms with van der Waals surface area (Å²) < 4.78 is 5.52. The smallest absolute Gasteiger partial charge is 0.407 e. The minimum absolute atomic E-state index is 0.0167. The molecular formula is C26H32N2O5. The number of rotatable bonds is 11. The van der Waals surface area contributed by atoms with Crippen molar-refractivity contribution in [2.75, 3.05) is 13.2 Å². The lowest BCUT2D eigenvalue weighted by Gasteiger charge is -2.17. The van der Waals surface area contributed by atoms with E-state index < -0.39 is 12.1 Å². The highest BCUT2D eigenvalue weighted by Crippen LogP contribution is 2.44. The van der Waals surface area contributed by atoms with Crippen LogP contribution < -0.4 is 10.6 Å². The average molecular weight is 453 g/mol. The quantitative estimate of drug-likeness (QED) is 0.471. The molecule has 0 spiro atoms. The van der Waals surface area contributed by atoms with Crippen LogP contribution in [-0.4, -0.2) is 42.3 Å². The van der Waals surface area contributed by atoms with Gasteiger partial charge in [-0.2, -0.15) is 0 Å². The minimum Gasteiger partial charge on any atom is -0.481 e. The van der Waals surface area contributed by atoms with Crippen molar-refractivity contribution in [2.24, 2.45) is 5.92 Å². The molecule has 0 fully saturated rings. The summed E-state index contributed by atoms with van der Waals surface area (Å²) >= 11 is 0. The van der Waals surface area contributed by atoms with Crippen molar-refractivity contribution in [1.29, 1.82) is 0 Å². The highest BCUT2D eigenvalue weighted by Gasteiger charge is 2.29. The number of carbonyl (C=O) groups is 3. The fraction of sp³-hybridized carbons (Fsp3) is 0.423. The Morgan fingerprint density at radius 1 is 1.00 bits per heavy atom. The molecule has 3 N–H and O–H groups in total. The summed E-state index contributed by atoms with van der Waals surface area (Å²) in [4.78, 5) is 35.2. The molecule has 3 rings (SSSR count). The SMILES string of the molecule is CC[C@@H](CC(=O)O)NC(=O)CC(C)CCNC(=O)OCC1c2ccccc2-c2ccccc21. The van der Waals surface area contributed by atoms with E-state index in [1.165, 1.54) is 22.3 Å². The lowest BCUT2D eigenvalue weighted by molar-refractivity contribution is -0.137. The Labute approximate surface area is 194 Å². The number of carboxylic acids is 1. The molecule has 1 unspecified atom stereocenters. The first kappa shape index (κ1) is 24.3. The fourth-order valence-electron chi connectivity index (χ4n) is 4.28. The number of ether oxygens (including phenoxy) is 1. The maximum absolute atomic E-state index is 12.2. The normalized spacial score (nSPS) is 14.0. The zero-order chi connectivity index (χ0) is 23.8. The molecule has 2 atom stereocenters. The highest BCUT2D eigenvalue weighted by molar-refractivity contribution is 5.79. The van der Waals surface area contributed by atoms with Gasteiger partial charge in [0.05, 0.1) is 6.42 Å². The van der Waals surface area contributed by atoms with Gasteiger partial charge < -0.3 is 20.5 Å². The number of benzene rings is 2. The average Bonchev–Trinajstić information content (AvgIpc) is 3.10. The van der Waals surface area contributed by atoms with Gasteiger partial charge in [0, 0.05) is 24.9 Å². The highest BCUT2D eigenvalue weighted by atomic mass is 16.5. The van der Waals surface area contributed by atoms with Crippen molar-refractivity contribution < 1.29 is 24.2 Å². The number of carbonyl (C=O) groups excluding carboxylic acids is 2. The predicted molar refractivity (Wildman–Crippen MR) is 126 cm³/mol. The molecule has 0 aromatic heterocycles. The summed E-state index contributed by atoms with van der Waals surface area (Å²) in [5, 5.41) is 14.4. The number of hydrogen-bond donors (Lipinski definition) is 3. The van der Waals surface area contributed by atoms with Gasteiger partial charge in [-0.1, -0.05) is 62.4 Å². The molecule has 176 valence electrons. The summed E-state index contributed by atoms with van der Waals surface area (Å²) in [6.45, 7) is 4.43. The van der Waals surface area contributed by atoms with Gasteiger partial charge in [0.1, 0.15) is 6.61 Å². The van der Waals surface area contributed by atoms with Crippen LogP contribution in [0.5, 0.6) is 0 Å². The van der Waals surface area contributed by atoms with Gasteiger partial charge in [-0.15, -0.1) is 0 Å². The molecule has 1 aliphatic rings. The molecule has 0 radical (unpaired) electrons. The molecule has 0 aliphatic heterocycles. The first-order chi connectivity index (χ1) is 15.9. The van der Waals surface area contributed by atoms with Crippen LogP contribution in [0, 0.1) is 5.92 Å². The van der Waals surface area contributed by atoms with Gasteiger partial charge in [0.2, 0.25) is 5.91 Å². The second-order valence-electron chi connectivity index (χ2n) is 8.62. The zero-order valence-corrected chi connectivity index (χ0v) is 19.2. The van der Waals surface area contributed by atoms with Crippen molar-refractivity contribution in [2.45, 2.75) is 51.5 Å². The molecule has 0 saturated carbocycles.